The van der Waals surface area contributed by atoms with Crippen LogP contribution in [0.3, 0.4) is 0 Å². The minimum absolute atomic E-state index is 0.657. The fourth-order valence-corrected chi connectivity index (χ4v) is 3.07. The van der Waals surface area contributed by atoms with Crippen molar-refractivity contribution in [3.8, 4) is 0 Å². The van der Waals surface area contributed by atoms with Gasteiger partial charge in [0.25, 0.3) is 0 Å². The summed E-state index contributed by atoms with van der Waals surface area (Å²) in [6, 6.07) is 1.45. The second kappa shape index (κ2) is 5.39. The van der Waals surface area contributed by atoms with Gasteiger partial charge in [-0.2, -0.15) is 0 Å². The van der Waals surface area contributed by atoms with E-state index < -0.39 is 0 Å². The van der Waals surface area contributed by atoms with Crippen molar-refractivity contribution in [3.05, 3.63) is 11.6 Å². The van der Waals surface area contributed by atoms with E-state index in [2.05, 4.69) is 27.0 Å². The summed E-state index contributed by atoms with van der Waals surface area (Å²) in [5, 5.41) is 12.2. The van der Waals surface area contributed by atoms with Gasteiger partial charge in [-0.15, -0.1) is 10.2 Å². The number of aromatic nitrogens is 3. The SMILES string of the molecule is Cc1nnc(CCNC2CC2)n1C1CCCCC1. The summed E-state index contributed by atoms with van der Waals surface area (Å²) in [5.41, 5.74) is 0. The molecule has 1 heterocycles. The van der Waals surface area contributed by atoms with Crippen LogP contribution in [0.25, 0.3) is 0 Å². The van der Waals surface area contributed by atoms with Crippen LogP contribution in [0.2, 0.25) is 0 Å². The second-order valence-electron chi connectivity index (χ2n) is 5.80. The van der Waals surface area contributed by atoms with Gasteiger partial charge in [-0.3, -0.25) is 0 Å². The van der Waals surface area contributed by atoms with Crippen molar-refractivity contribution >= 4 is 0 Å². The molecule has 1 N–H and O–H groups in total. The maximum absolute atomic E-state index is 4.38. The van der Waals surface area contributed by atoms with Crippen molar-refractivity contribution in [1.29, 1.82) is 0 Å². The molecule has 2 fully saturated rings. The smallest absolute Gasteiger partial charge is 0.134 e. The van der Waals surface area contributed by atoms with Crippen molar-refractivity contribution < 1.29 is 0 Å². The van der Waals surface area contributed by atoms with E-state index in [0.717, 1.165) is 24.8 Å². The predicted molar refractivity (Wildman–Crippen MR) is 71.6 cm³/mol. The fraction of sp³-hybridized carbons (Fsp3) is 0.857. The second-order valence-corrected chi connectivity index (χ2v) is 5.80. The van der Waals surface area contributed by atoms with Crippen LogP contribution < -0.4 is 5.32 Å². The summed E-state index contributed by atoms with van der Waals surface area (Å²) in [4.78, 5) is 0. The summed E-state index contributed by atoms with van der Waals surface area (Å²) >= 11 is 0. The molecule has 2 aliphatic carbocycles. The molecule has 1 aromatic rings. The molecule has 0 unspecified atom stereocenters. The van der Waals surface area contributed by atoms with Crippen LogP contribution in [0.4, 0.5) is 0 Å². The molecule has 3 rings (SSSR count). The Morgan fingerprint density at radius 1 is 1.11 bits per heavy atom. The number of hydrogen-bond donors (Lipinski definition) is 1. The van der Waals surface area contributed by atoms with E-state index >= 15 is 0 Å². The molecule has 0 bridgehead atoms. The zero-order valence-electron chi connectivity index (χ0n) is 11.4. The van der Waals surface area contributed by atoms with E-state index in [4.69, 9.17) is 0 Å². The lowest BCUT2D eigenvalue weighted by Crippen LogP contribution is -2.23. The summed E-state index contributed by atoms with van der Waals surface area (Å²) in [5.74, 6) is 2.29. The first-order valence-electron chi connectivity index (χ1n) is 7.48. The third-order valence-corrected chi connectivity index (χ3v) is 4.24. The highest BCUT2D eigenvalue weighted by atomic mass is 15.3. The molecule has 0 radical (unpaired) electrons. The molecular weight excluding hydrogens is 224 g/mol. The molecule has 0 amide bonds. The van der Waals surface area contributed by atoms with E-state index in [1.165, 1.54) is 50.8 Å². The maximum Gasteiger partial charge on any atom is 0.134 e. The van der Waals surface area contributed by atoms with Crippen molar-refractivity contribution in [1.82, 2.24) is 20.1 Å². The van der Waals surface area contributed by atoms with E-state index in [9.17, 15) is 0 Å². The normalized spacial score (nSPS) is 21.4. The number of rotatable bonds is 5. The van der Waals surface area contributed by atoms with Gasteiger partial charge in [-0.05, 0) is 32.6 Å². The Morgan fingerprint density at radius 3 is 2.61 bits per heavy atom. The Morgan fingerprint density at radius 2 is 1.89 bits per heavy atom. The first kappa shape index (κ1) is 12.2. The van der Waals surface area contributed by atoms with Gasteiger partial charge in [0.05, 0.1) is 0 Å². The van der Waals surface area contributed by atoms with Gasteiger partial charge in [-0.25, -0.2) is 0 Å². The number of aryl methyl sites for hydroxylation is 1. The minimum Gasteiger partial charge on any atom is -0.314 e. The van der Waals surface area contributed by atoms with Crippen molar-refractivity contribution in [3.63, 3.8) is 0 Å². The molecule has 100 valence electrons. The molecule has 1 aromatic heterocycles. The number of nitrogens with zero attached hydrogens (tertiary/aromatic N) is 3. The van der Waals surface area contributed by atoms with E-state index in [0.29, 0.717) is 6.04 Å². The highest BCUT2D eigenvalue weighted by Gasteiger charge is 2.22. The van der Waals surface area contributed by atoms with E-state index in [-0.39, 0.29) is 0 Å². The maximum atomic E-state index is 4.38. The van der Waals surface area contributed by atoms with Gasteiger partial charge < -0.3 is 9.88 Å². The molecule has 0 atom stereocenters. The lowest BCUT2D eigenvalue weighted by atomic mass is 9.95. The average Bonchev–Trinajstić information content (AvgIpc) is 3.14. The molecular formula is C14H24N4. The Balaban J connectivity index is 1.64. The molecule has 0 spiro atoms. The fourth-order valence-electron chi connectivity index (χ4n) is 3.07. The molecule has 2 saturated carbocycles. The van der Waals surface area contributed by atoms with E-state index in [1.807, 2.05) is 0 Å². The molecule has 4 nitrogen and oxygen atoms in total. The zero-order valence-corrected chi connectivity index (χ0v) is 11.4. The third-order valence-electron chi connectivity index (χ3n) is 4.24. The zero-order chi connectivity index (χ0) is 12.4. The van der Waals surface area contributed by atoms with E-state index in [1.54, 1.807) is 0 Å². The highest BCUT2D eigenvalue weighted by Crippen LogP contribution is 2.29. The molecule has 18 heavy (non-hydrogen) atoms. The monoisotopic (exact) mass is 248 g/mol. The Kier molecular flexibility index (Phi) is 3.64. The van der Waals surface area contributed by atoms with Crippen molar-refractivity contribution in [2.75, 3.05) is 6.54 Å². The van der Waals surface area contributed by atoms with Gasteiger partial charge >= 0.3 is 0 Å². The molecule has 4 heteroatoms. The minimum atomic E-state index is 0.657. The van der Waals surface area contributed by atoms with Gasteiger partial charge in [0, 0.05) is 25.0 Å². The predicted octanol–water partition coefficient (Wildman–Crippen LogP) is 2.39. The summed E-state index contributed by atoms with van der Waals surface area (Å²) in [6.07, 6.45) is 10.5. The molecule has 0 aliphatic heterocycles. The van der Waals surface area contributed by atoms with Gasteiger partial charge in [-0.1, -0.05) is 19.3 Å². The Hall–Kier alpha value is -0.900. The van der Waals surface area contributed by atoms with Gasteiger partial charge in [0.2, 0.25) is 0 Å². The summed E-state index contributed by atoms with van der Waals surface area (Å²) < 4.78 is 2.41. The van der Waals surface area contributed by atoms with Crippen LogP contribution in [0, 0.1) is 6.92 Å². The van der Waals surface area contributed by atoms with Crippen LogP contribution in [0.15, 0.2) is 0 Å². The first-order chi connectivity index (χ1) is 8.84. The van der Waals surface area contributed by atoms with Gasteiger partial charge in [0.1, 0.15) is 11.6 Å². The largest absolute Gasteiger partial charge is 0.314 e. The van der Waals surface area contributed by atoms with Crippen molar-refractivity contribution in [2.24, 2.45) is 0 Å². The highest BCUT2D eigenvalue weighted by molar-refractivity contribution is 4.99. The Labute approximate surface area is 109 Å². The average molecular weight is 248 g/mol. The number of hydrogen-bond acceptors (Lipinski definition) is 3. The van der Waals surface area contributed by atoms with Crippen molar-refractivity contribution in [2.45, 2.75) is 70.4 Å². The third kappa shape index (κ3) is 2.74. The van der Waals surface area contributed by atoms with Crippen LogP contribution >= 0.6 is 0 Å². The molecule has 0 saturated heterocycles. The van der Waals surface area contributed by atoms with Crippen LogP contribution in [-0.4, -0.2) is 27.4 Å². The van der Waals surface area contributed by atoms with Crippen LogP contribution in [-0.2, 0) is 6.42 Å². The summed E-state index contributed by atoms with van der Waals surface area (Å²) in [7, 11) is 0. The topological polar surface area (TPSA) is 42.7 Å². The molecule has 2 aliphatic rings. The lowest BCUT2D eigenvalue weighted by Gasteiger charge is -2.25. The Bertz CT molecular complexity index is 388. The summed E-state index contributed by atoms with van der Waals surface area (Å²) in [6.45, 7) is 3.15. The standard InChI is InChI=1S/C14H24N4/c1-11-16-17-14(9-10-15-12-7-8-12)18(11)13-5-3-2-4-6-13/h12-13,15H,2-10H2,1H3. The van der Waals surface area contributed by atoms with Crippen LogP contribution in [0.1, 0.15) is 62.6 Å². The lowest BCUT2D eigenvalue weighted by molar-refractivity contribution is 0.340. The quantitative estimate of drug-likeness (QED) is 0.870. The van der Waals surface area contributed by atoms with Crippen LogP contribution in [0.5, 0.6) is 0 Å². The van der Waals surface area contributed by atoms with Gasteiger partial charge in [0.15, 0.2) is 0 Å². The number of nitrogens with one attached hydrogen (secondary N) is 1. The first-order valence-corrected chi connectivity index (χ1v) is 7.48. The molecule has 0 aromatic carbocycles.